The third kappa shape index (κ3) is 4.58. The fourth-order valence-corrected chi connectivity index (χ4v) is 1.63. The number of aliphatic hydroxyl groups excluding tert-OH is 1. The van der Waals surface area contributed by atoms with Gasteiger partial charge in [-0.3, -0.25) is 4.79 Å². The van der Waals surface area contributed by atoms with Crippen LogP contribution >= 0.6 is 0 Å². The summed E-state index contributed by atoms with van der Waals surface area (Å²) in [6.45, 7) is 1.28. The van der Waals surface area contributed by atoms with Gasteiger partial charge in [0.25, 0.3) is 0 Å². The summed E-state index contributed by atoms with van der Waals surface area (Å²) in [7, 11) is 0. The zero-order valence-corrected chi connectivity index (χ0v) is 8.41. The van der Waals surface area contributed by atoms with Gasteiger partial charge in [-0.2, -0.15) is 0 Å². The maximum absolute atomic E-state index is 10.2. The van der Waals surface area contributed by atoms with E-state index in [0.717, 1.165) is 18.9 Å². The Morgan fingerprint density at radius 2 is 2.21 bits per heavy atom. The van der Waals surface area contributed by atoms with Crippen molar-refractivity contribution in [3.63, 3.8) is 0 Å². The lowest BCUT2D eigenvalue weighted by atomic mass is 9.83. The molecule has 1 aliphatic rings. The highest BCUT2D eigenvalue weighted by atomic mass is 16.4. The van der Waals surface area contributed by atoms with Crippen molar-refractivity contribution in [3.05, 3.63) is 0 Å². The molecule has 1 aliphatic carbocycles. The molecule has 0 aromatic rings. The zero-order valence-electron chi connectivity index (χ0n) is 8.41. The quantitative estimate of drug-likeness (QED) is 0.528. The summed E-state index contributed by atoms with van der Waals surface area (Å²) in [5.41, 5.74) is 0. The lowest BCUT2D eigenvalue weighted by molar-refractivity contribution is -0.139. The van der Waals surface area contributed by atoms with Crippen LogP contribution in [0.4, 0.5) is 0 Å². The molecule has 0 amide bonds. The van der Waals surface area contributed by atoms with Crippen molar-refractivity contribution in [2.45, 2.75) is 38.2 Å². The lowest BCUT2D eigenvalue weighted by Crippen LogP contribution is -2.30. The van der Waals surface area contributed by atoms with E-state index < -0.39 is 12.1 Å². The number of carbonyl (C=O) groups is 1. The topological polar surface area (TPSA) is 69.6 Å². The van der Waals surface area contributed by atoms with Gasteiger partial charge in [0, 0.05) is 6.54 Å². The van der Waals surface area contributed by atoms with Crippen LogP contribution in [-0.2, 0) is 4.79 Å². The Balaban J connectivity index is 1.89. The highest BCUT2D eigenvalue weighted by Gasteiger charge is 2.16. The van der Waals surface area contributed by atoms with E-state index in [0.29, 0.717) is 6.54 Å². The number of aliphatic hydroxyl groups is 1. The van der Waals surface area contributed by atoms with Crippen LogP contribution in [0.25, 0.3) is 0 Å². The summed E-state index contributed by atoms with van der Waals surface area (Å²) < 4.78 is 0. The van der Waals surface area contributed by atoms with Gasteiger partial charge < -0.3 is 15.5 Å². The second kappa shape index (κ2) is 5.98. The van der Waals surface area contributed by atoms with E-state index >= 15 is 0 Å². The van der Waals surface area contributed by atoms with Crippen LogP contribution in [0.3, 0.4) is 0 Å². The number of nitrogens with one attached hydrogen (secondary N) is 1. The molecule has 3 N–H and O–H groups in total. The summed E-state index contributed by atoms with van der Waals surface area (Å²) in [5, 5.41) is 20.7. The molecule has 1 fully saturated rings. The summed E-state index contributed by atoms with van der Waals surface area (Å²) in [6.07, 6.45) is 4.25. The fourth-order valence-electron chi connectivity index (χ4n) is 1.63. The van der Waals surface area contributed by atoms with E-state index in [-0.39, 0.29) is 6.42 Å². The minimum atomic E-state index is -0.946. The highest BCUT2D eigenvalue weighted by molar-refractivity contribution is 5.67. The van der Waals surface area contributed by atoms with Crippen molar-refractivity contribution >= 4 is 5.97 Å². The minimum Gasteiger partial charge on any atom is -0.481 e. The van der Waals surface area contributed by atoms with Crippen molar-refractivity contribution in [3.8, 4) is 0 Å². The molecule has 14 heavy (non-hydrogen) atoms. The monoisotopic (exact) mass is 201 g/mol. The first-order valence-electron chi connectivity index (χ1n) is 5.29. The van der Waals surface area contributed by atoms with Crippen LogP contribution in [0.15, 0.2) is 0 Å². The van der Waals surface area contributed by atoms with Gasteiger partial charge in [-0.05, 0) is 18.9 Å². The summed E-state index contributed by atoms with van der Waals surface area (Å²) in [4.78, 5) is 10.2. The Morgan fingerprint density at radius 1 is 1.50 bits per heavy atom. The van der Waals surface area contributed by atoms with E-state index in [1.807, 2.05) is 0 Å². The Hall–Kier alpha value is -0.610. The van der Waals surface area contributed by atoms with Gasteiger partial charge >= 0.3 is 5.97 Å². The van der Waals surface area contributed by atoms with E-state index in [1.165, 1.54) is 19.3 Å². The van der Waals surface area contributed by atoms with Crippen LogP contribution in [0.2, 0.25) is 0 Å². The van der Waals surface area contributed by atoms with E-state index in [2.05, 4.69) is 5.32 Å². The first-order valence-corrected chi connectivity index (χ1v) is 5.29. The van der Waals surface area contributed by atoms with Crippen molar-refractivity contribution in [1.82, 2.24) is 5.32 Å². The number of rotatable bonds is 7. The molecular weight excluding hydrogens is 182 g/mol. The Bertz CT molecular complexity index is 180. The molecule has 4 nitrogen and oxygen atoms in total. The Morgan fingerprint density at radius 3 is 2.71 bits per heavy atom. The van der Waals surface area contributed by atoms with Gasteiger partial charge in [0.1, 0.15) is 0 Å². The van der Waals surface area contributed by atoms with Crippen LogP contribution in [0, 0.1) is 5.92 Å². The molecule has 82 valence electrons. The van der Waals surface area contributed by atoms with Gasteiger partial charge in [-0.1, -0.05) is 19.3 Å². The third-order valence-electron chi connectivity index (χ3n) is 2.74. The molecule has 0 aromatic heterocycles. The molecule has 0 spiro atoms. The number of hydrogen-bond acceptors (Lipinski definition) is 3. The number of aliphatic carboxylic acids is 1. The van der Waals surface area contributed by atoms with Crippen LogP contribution < -0.4 is 5.32 Å². The second-order valence-corrected chi connectivity index (χ2v) is 4.04. The number of carboxylic acids is 1. The number of hydrogen-bond donors (Lipinski definition) is 3. The van der Waals surface area contributed by atoms with E-state index in [9.17, 15) is 9.90 Å². The lowest BCUT2D eigenvalue weighted by Gasteiger charge is -2.25. The predicted octanol–water partition coefficient (Wildman–Crippen LogP) is 0.602. The molecule has 0 aliphatic heterocycles. The third-order valence-corrected chi connectivity index (χ3v) is 2.74. The van der Waals surface area contributed by atoms with Crippen LogP contribution in [0.1, 0.15) is 32.1 Å². The summed E-state index contributed by atoms with van der Waals surface area (Å²) in [6, 6.07) is 0. The van der Waals surface area contributed by atoms with E-state index in [1.54, 1.807) is 0 Å². The van der Waals surface area contributed by atoms with Crippen molar-refractivity contribution < 1.29 is 15.0 Å². The van der Waals surface area contributed by atoms with Gasteiger partial charge in [0.05, 0.1) is 12.5 Å². The summed E-state index contributed by atoms with van der Waals surface area (Å²) in [5.74, 6) is -0.0857. The Kier molecular flexibility index (Phi) is 4.90. The first kappa shape index (κ1) is 11.5. The van der Waals surface area contributed by atoms with Crippen LogP contribution in [-0.4, -0.2) is 35.4 Å². The molecule has 1 rings (SSSR count). The minimum absolute atomic E-state index is 0.170. The highest BCUT2D eigenvalue weighted by Crippen LogP contribution is 2.28. The standard InChI is InChI=1S/C10H19NO3/c12-9(6-10(13)14)7-11-5-4-8-2-1-3-8/h8-9,11-12H,1-7H2,(H,13,14). The molecule has 1 saturated carbocycles. The largest absolute Gasteiger partial charge is 0.481 e. The first-order chi connectivity index (χ1) is 6.68. The molecule has 0 saturated heterocycles. The smallest absolute Gasteiger partial charge is 0.306 e. The Labute approximate surface area is 84.3 Å². The summed E-state index contributed by atoms with van der Waals surface area (Å²) >= 11 is 0. The molecule has 0 aromatic carbocycles. The van der Waals surface area contributed by atoms with Crippen molar-refractivity contribution in [2.75, 3.05) is 13.1 Å². The molecular formula is C10H19NO3. The van der Waals surface area contributed by atoms with Gasteiger partial charge in [-0.15, -0.1) is 0 Å². The van der Waals surface area contributed by atoms with Crippen molar-refractivity contribution in [1.29, 1.82) is 0 Å². The molecule has 0 radical (unpaired) electrons. The van der Waals surface area contributed by atoms with Crippen molar-refractivity contribution in [2.24, 2.45) is 5.92 Å². The molecule has 4 heteroatoms. The van der Waals surface area contributed by atoms with Gasteiger partial charge in [0.2, 0.25) is 0 Å². The van der Waals surface area contributed by atoms with E-state index in [4.69, 9.17) is 5.11 Å². The SMILES string of the molecule is O=C(O)CC(O)CNCCC1CCC1. The maximum Gasteiger partial charge on any atom is 0.306 e. The second-order valence-electron chi connectivity index (χ2n) is 4.04. The maximum atomic E-state index is 10.2. The molecule has 1 unspecified atom stereocenters. The number of carboxylic acid groups (broad SMARTS) is 1. The molecule has 0 bridgehead atoms. The van der Waals surface area contributed by atoms with Crippen LogP contribution in [0.5, 0.6) is 0 Å². The predicted molar refractivity (Wildman–Crippen MR) is 53.1 cm³/mol. The molecule has 1 atom stereocenters. The normalized spacial score (nSPS) is 18.9. The van der Waals surface area contributed by atoms with Gasteiger partial charge in [-0.25, -0.2) is 0 Å². The fraction of sp³-hybridized carbons (Fsp3) is 0.900. The average Bonchev–Trinajstić information content (AvgIpc) is 1.99. The molecule has 0 heterocycles. The van der Waals surface area contributed by atoms with Gasteiger partial charge in [0.15, 0.2) is 0 Å². The zero-order chi connectivity index (χ0) is 10.4. The average molecular weight is 201 g/mol.